The molecule has 0 bridgehead atoms. The van der Waals surface area contributed by atoms with Gasteiger partial charge in [0.25, 0.3) is 5.91 Å². The largest absolute Gasteiger partial charge is 0.486 e. The third-order valence-corrected chi connectivity index (χ3v) is 9.24. The van der Waals surface area contributed by atoms with E-state index in [1.54, 1.807) is 0 Å². The van der Waals surface area contributed by atoms with Crippen molar-refractivity contribution in [1.82, 2.24) is 0 Å². The zero-order valence-electron chi connectivity index (χ0n) is 16.1. The highest BCUT2D eigenvalue weighted by Gasteiger charge is 2.49. The van der Waals surface area contributed by atoms with Crippen molar-refractivity contribution in [3.63, 3.8) is 0 Å². The third-order valence-electron chi connectivity index (χ3n) is 6.03. The molecule has 1 aromatic carbocycles. The lowest BCUT2D eigenvalue weighted by Gasteiger charge is -2.27. The number of amides is 1. The van der Waals surface area contributed by atoms with E-state index in [-0.39, 0.29) is 34.6 Å². The molecule has 0 spiro atoms. The molecule has 7 nitrogen and oxygen atoms in total. The van der Waals surface area contributed by atoms with Crippen LogP contribution < -0.4 is 14.4 Å². The van der Waals surface area contributed by atoms with E-state index in [9.17, 15) is 13.2 Å². The van der Waals surface area contributed by atoms with Crippen LogP contribution in [0.1, 0.15) is 32.1 Å². The standard InChI is InChI=1S/C20H24N2O5S2/c23-19(13-4-2-1-3-5-13)21-20-22(15-11-29(24,25)12-18(15)28-20)14-6-7-16-17(10-14)27-9-8-26-16/h6-7,10,13,15,18H,1-5,8-9,11-12H2. The summed E-state index contributed by atoms with van der Waals surface area (Å²) in [5.74, 6) is 1.44. The minimum Gasteiger partial charge on any atom is -0.486 e. The molecular formula is C20H24N2O5S2. The molecule has 3 fully saturated rings. The van der Waals surface area contributed by atoms with Crippen molar-refractivity contribution in [1.29, 1.82) is 0 Å². The topological polar surface area (TPSA) is 85.3 Å². The highest BCUT2D eigenvalue weighted by atomic mass is 32.2. The summed E-state index contributed by atoms with van der Waals surface area (Å²) in [5.41, 5.74) is 0.793. The number of hydrogen-bond acceptors (Lipinski definition) is 6. The van der Waals surface area contributed by atoms with Crippen molar-refractivity contribution in [2.24, 2.45) is 10.9 Å². The minimum atomic E-state index is -3.09. The normalized spacial score (nSPS) is 29.8. The van der Waals surface area contributed by atoms with E-state index in [0.29, 0.717) is 29.9 Å². The molecule has 9 heteroatoms. The van der Waals surface area contributed by atoms with E-state index in [1.807, 2.05) is 23.1 Å². The van der Waals surface area contributed by atoms with Crippen molar-refractivity contribution >= 4 is 38.4 Å². The van der Waals surface area contributed by atoms with E-state index in [1.165, 1.54) is 18.2 Å². The summed E-state index contributed by atoms with van der Waals surface area (Å²) >= 11 is 1.42. The monoisotopic (exact) mass is 436 g/mol. The first-order valence-corrected chi connectivity index (χ1v) is 12.9. The molecule has 156 valence electrons. The van der Waals surface area contributed by atoms with Gasteiger partial charge in [-0.3, -0.25) is 4.79 Å². The van der Waals surface area contributed by atoms with Crippen molar-refractivity contribution < 1.29 is 22.7 Å². The predicted molar refractivity (Wildman–Crippen MR) is 113 cm³/mol. The molecule has 29 heavy (non-hydrogen) atoms. The lowest BCUT2D eigenvalue weighted by atomic mass is 9.89. The number of fused-ring (bicyclic) bond motifs is 2. The molecule has 0 radical (unpaired) electrons. The van der Waals surface area contributed by atoms with Gasteiger partial charge in [-0.25, -0.2) is 8.42 Å². The van der Waals surface area contributed by atoms with Gasteiger partial charge in [-0.1, -0.05) is 31.0 Å². The molecule has 0 aromatic heterocycles. The van der Waals surface area contributed by atoms with E-state index in [0.717, 1.165) is 31.4 Å². The molecule has 1 aromatic rings. The van der Waals surface area contributed by atoms with Crippen LogP contribution in [-0.2, 0) is 14.6 Å². The lowest BCUT2D eigenvalue weighted by Crippen LogP contribution is -2.38. The number of nitrogens with zero attached hydrogens (tertiary/aromatic N) is 2. The van der Waals surface area contributed by atoms with Gasteiger partial charge < -0.3 is 14.4 Å². The van der Waals surface area contributed by atoms with Crippen molar-refractivity contribution in [3.8, 4) is 11.5 Å². The molecule has 1 saturated carbocycles. The Bertz CT molecular complexity index is 956. The van der Waals surface area contributed by atoms with Gasteiger partial charge in [0.2, 0.25) is 0 Å². The number of ether oxygens (including phenoxy) is 2. The first kappa shape index (κ1) is 19.2. The summed E-state index contributed by atoms with van der Waals surface area (Å²) in [6, 6.07) is 5.38. The number of aliphatic imine (C=N–C) groups is 1. The molecule has 2 unspecified atom stereocenters. The summed E-state index contributed by atoms with van der Waals surface area (Å²) in [5, 5.41) is 0.508. The maximum Gasteiger partial charge on any atom is 0.251 e. The Kier molecular flexibility index (Phi) is 4.98. The Labute approximate surface area is 174 Å². The number of anilines is 1. The summed E-state index contributed by atoms with van der Waals surface area (Å²) in [6.07, 6.45) is 5.12. The zero-order valence-corrected chi connectivity index (χ0v) is 17.7. The third kappa shape index (κ3) is 3.74. The quantitative estimate of drug-likeness (QED) is 0.704. The molecule has 3 heterocycles. The predicted octanol–water partition coefficient (Wildman–Crippen LogP) is 2.64. The summed E-state index contributed by atoms with van der Waals surface area (Å²) < 4.78 is 35.8. The maximum absolute atomic E-state index is 12.8. The molecule has 2 atom stereocenters. The maximum atomic E-state index is 12.8. The lowest BCUT2D eigenvalue weighted by molar-refractivity contribution is -0.122. The Balaban J connectivity index is 1.49. The highest BCUT2D eigenvalue weighted by Crippen LogP contribution is 2.43. The number of carbonyl (C=O) groups is 1. The second-order valence-electron chi connectivity index (χ2n) is 8.07. The smallest absolute Gasteiger partial charge is 0.251 e. The number of amidine groups is 1. The Morgan fingerprint density at radius 3 is 2.62 bits per heavy atom. The molecule has 1 amide bonds. The van der Waals surface area contributed by atoms with Gasteiger partial charge in [0, 0.05) is 22.9 Å². The van der Waals surface area contributed by atoms with Crippen LogP contribution in [0.3, 0.4) is 0 Å². The van der Waals surface area contributed by atoms with E-state index >= 15 is 0 Å². The summed E-state index contributed by atoms with van der Waals surface area (Å²) in [6.45, 7) is 0.990. The van der Waals surface area contributed by atoms with Crippen LogP contribution in [0.2, 0.25) is 0 Å². The Morgan fingerprint density at radius 2 is 1.83 bits per heavy atom. The average Bonchev–Trinajstić information content (AvgIpc) is 3.19. The van der Waals surface area contributed by atoms with Crippen LogP contribution in [0.4, 0.5) is 5.69 Å². The molecule has 1 aliphatic carbocycles. The van der Waals surface area contributed by atoms with Crippen LogP contribution in [0, 0.1) is 5.92 Å². The molecule has 5 rings (SSSR count). The molecule has 3 aliphatic heterocycles. The minimum absolute atomic E-state index is 0.0110. The number of hydrogen-bond donors (Lipinski definition) is 0. The fourth-order valence-electron chi connectivity index (χ4n) is 4.58. The van der Waals surface area contributed by atoms with Crippen molar-refractivity contribution in [3.05, 3.63) is 18.2 Å². The molecule has 4 aliphatic rings. The fourth-order valence-corrected chi connectivity index (χ4v) is 8.50. The van der Waals surface area contributed by atoms with Crippen LogP contribution >= 0.6 is 11.8 Å². The van der Waals surface area contributed by atoms with Crippen LogP contribution in [-0.4, -0.2) is 55.5 Å². The number of rotatable bonds is 2. The number of sulfone groups is 1. The Morgan fingerprint density at radius 1 is 1.07 bits per heavy atom. The van der Waals surface area contributed by atoms with Gasteiger partial charge in [-0.05, 0) is 25.0 Å². The van der Waals surface area contributed by atoms with Crippen LogP contribution in [0.25, 0.3) is 0 Å². The number of carbonyl (C=O) groups excluding carboxylic acids is 1. The Hall–Kier alpha value is -1.74. The first-order valence-electron chi connectivity index (χ1n) is 10.2. The first-order chi connectivity index (χ1) is 14.0. The second-order valence-corrected chi connectivity index (χ2v) is 11.4. The fraction of sp³-hybridized carbons (Fsp3) is 0.600. The van der Waals surface area contributed by atoms with Crippen molar-refractivity contribution in [2.45, 2.75) is 43.4 Å². The van der Waals surface area contributed by atoms with E-state index < -0.39 is 9.84 Å². The van der Waals surface area contributed by atoms with E-state index in [2.05, 4.69) is 4.99 Å². The SMILES string of the molecule is O=C(N=C1SC2CS(=O)(=O)CC2N1c1ccc2c(c1)OCCO2)C1CCCCC1. The number of thioether (sulfide) groups is 1. The van der Waals surface area contributed by atoms with Crippen LogP contribution in [0.15, 0.2) is 23.2 Å². The van der Waals surface area contributed by atoms with Gasteiger partial charge in [-0.15, -0.1) is 0 Å². The van der Waals surface area contributed by atoms with Gasteiger partial charge in [-0.2, -0.15) is 4.99 Å². The van der Waals surface area contributed by atoms with E-state index in [4.69, 9.17) is 9.47 Å². The van der Waals surface area contributed by atoms with Gasteiger partial charge in [0.15, 0.2) is 26.5 Å². The molecule has 0 N–H and O–H groups in total. The molecular weight excluding hydrogens is 412 g/mol. The second kappa shape index (κ2) is 7.50. The van der Waals surface area contributed by atoms with Gasteiger partial charge >= 0.3 is 0 Å². The summed E-state index contributed by atoms with van der Waals surface area (Å²) in [7, 11) is -3.09. The highest BCUT2D eigenvalue weighted by molar-refractivity contribution is 8.16. The van der Waals surface area contributed by atoms with Gasteiger partial charge in [0.05, 0.1) is 17.5 Å². The average molecular weight is 437 g/mol. The van der Waals surface area contributed by atoms with Gasteiger partial charge in [0.1, 0.15) is 13.2 Å². The molecule has 2 saturated heterocycles. The van der Waals surface area contributed by atoms with Crippen LogP contribution in [0.5, 0.6) is 11.5 Å². The zero-order chi connectivity index (χ0) is 20.0. The van der Waals surface area contributed by atoms with Crippen molar-refractivity contribution in [2.75, 3.05) is 29.6 Å². The summed E-state index contributed by atoms with van der Waals surface area (Å²) in [4.78, 5) is 19.2. The number of benzene rings is 1.